The molecule has 0 aliphatic rings. The predicted molar refractivity (Wildman–Crippen MR) is 220 cm³/mol. The predicted octanol–water partition coefficient (Wildman–Crippen LogP) is 11.3. The van der Waals surface area contributed by atoms with Gasteiger partial charge in [0.15, 0.2) is 0 Å². The summed E-state index contributed by atoms with van der Waals surface area (Å²) in [7, 11) is -4.58. The molecule has 0 atom stereocenters. The monoisotopic (exact) mass is 674 g/mol. The number of hydrogen-bond acceptors (Lipinski definition) is 0. The molecule has 0 fully saturated rings. The zero-order valence-corrected chi connectivity index (χ0v) is 32.4. The highest BCUT2D eigenvalue weighted by atomic mass is 31.2. The van der Waals surface area contributed by atoms with Gasteiger partial charge in [-0.2, -0.15) is 13.3 Å². The van der Waals surface area contributed by atoms with E-state index in [0.29, 0.717) is 22.6 Å². The average Bonchev–Trinajstić information content (AvgIpc) is 3.08. The smallest absolute Gasteiger partial charge is 0.0739 e. The van der Waals surface area contributed by atoms with Gasteiger partial charge in [0.25, 0.3) is 0 Å². The van der Waals surface area contributed by atoms with Gasteiger partial charge in [-0.3, -0.25) is 0 Å². The van der Waals surface area contributed by atoms with E-state index in [-0.39, 0.29) is 0 Å². The van der Waals surface area contributed by atoms with E-state index in [1.54, 1.807) is 0 Å². The van der Waals surface area contributed by atoms with Crippen LogP contribution in [0.2, 0.25) is 0 Å². The second-order valence-electron chi connectivity index (χ2n) is 14.0. The lowest BCUT2D eigenvalue weighted by atomic mass is 10.1. The standard InChI is InChI=1S/C44H53P3/c1-32(2)46(9,33(3)4)43-30-38(36-20-14-11-15-21-36)26-28-41(43)45(40-24-18-13-19-25-40)42-29-27-39(37-22-16-12-17-23-37)31-44(42)47(10,34(5)6)35(7)8/h11-35H,9-10H2,1-8H3. The number of benzene rings is 5. The molecule has 0 nitrogen and oxygen atoms in total. The van der Waals surface area contributed by atoms with Gasteiger partial charge in [-0.1, -0.05) is 118 Å². The first-order chi connectivity index (χ1) is 22.4. The molecular formula is C44H53P3. The quantitative estimate of drug-likeness (QED) is 0.0966. The maximum Gasteiger partial charge on any atom is 0.0739 e. The van der Waals surface area contributed by atoms with Crippen LogP contribution in [-0.4, -0.2) is 22.6 Å². The largest absolute Gasteiger partial charge is 0.174 e. The van der Waals surface area contributed by atoms with Gasteiger partial charge < -0.3 is 0 Å². The Kier molecular flexibility index (Phi) is 11.3. The normalized spacial score (nSPS) is 12.6. The van der Waals surface area contributed by atoms with Crippen molar-refractivity contribution in [3.8, 4) is 22.3 Å². The van der Waals surface area contributed by atoms with Crippen LogP contribution >= 0.6 is 22.4 Å². The Hall–Kier alpha value is -2.61. The third-order valence-corrected chi connectivity index (χ3v) is 23.1. The van der Waals surface area contributed by atoms with Crippen molar-refractivity contribution in [2.45, 2.75) is 78.0 Å². The molecule has 0 bridgehead atoms. The summed E-state index contributed by atoms with van der Waals surface area (Å²) in [6, 6.07) is 47.8. The number of rotatable bonds is 11. The Morgan fingerprint density at radius 1 is 0.404 bits per heavy atom. The van der Waals surface area contributed by atoms with Crippen LogP contribution in [0.25, 0.3) is 22.3 Å². The van der Waals surface area contributed by atoms with E-state index in [0.717, 1.165) is 0 Å². The Bertz CT molecular complexity index is 1630. The van der Waals surface area contributed by atoms with Crippen LogP contribution < -0.4 is 26.5 Å². The fraction of sp³-hybridized carbons (Fsp3) is 0.273. The summed E-state index contributed by atoms with van der Waals surface area (Å²) < 4.78 is 0. The second-order valence-corrected chi connectivity index (χ2v) is 25.0. The molecule has 0 aromatic heterocycles. The highest BCUT2D eigenvalue weighted by Gasteiger charge is 2.42. The van der Waals surface area contributed by atoms with Crippen molar-refractivity contribution >= 4 is 49.0 Å². The highest BCUT2D eigenvalue weighted by molar-refractivity contribution is 7.91. The topological polar surface area (TPSA) is 0 Å². The summed E-state index contributed by atoms with van der Waals surface area (Å²) in [6.45, 7) is 29.6. The summed E-state index contributed by atoms with van der Waals surface area (Å²) in [5, 5.41) is 7.29. The Labute approximate surface area is 288 Å². The van der Waals surface area contributed by atoms with Gasteiger partial charge in [0.05, 0.1) is 10.6 Å². The maximum absolute atomic E-state index is 5.20. The number of hydrogen-bond donors (Lipinski definition) is 0. The first-order valence-electron chi connectivity index (χ1n) is 17.1. The molecule has 0 saturated carbocycles. The van der Waals surface area contributed by atoms with Gasteiger partial charge in [-0.05, 0) is 115 Å². The molecule has 0 amide bonds. The minimum atomic E-state index is -1.84. The van der Waals surface area contributed by atoms with E-state index >= 15 is 0 Å². The lowest BCUT2D eigenvalue weighted by Crippen LogP contribution is -2.41. The van der Waals surface area contributed by atoms with Gasteiger partial charge in [0, 0.05) is 33.2 Å². The Morgan fingerprint density at radius 3 is 1.04 bits per heavy atom. The third-order valence-electron chi connectivity index (χ3n) is 10.2. The minimum Gasteiger partial charge on any atom is -0.174 e. The zero-order chi connectivity index (χ0) is 33.9. The Balaban J connectivity index is 1.90. The van der Waals surface area contributed by atoms with Gasteiger partial charge in [0.2, 0.25) is 0 Å². The van der Waals surface area contributed by atoms with Crippen LogP contribution in [0.5, 0.6) is 0 Å². The van der Waals surface area contributed by atoms with E-state index in [1.807, 2.05) is 0 Å². The van der Waals surface area contributed by atoms with E-state index in [9.17, 15) is 0 Å². The molecule has 244 valence electrons. The molecule has 0 unspecified atom stereocenters. The van der Waals surface area contributed by atoms with Crippen molar-refractivity contribution in [2.75, 3.05) is 0 Å². The van der Waals surface area contributed by atoms with E-state index in [1.165, 1.54) is 48.8 Å². The van der Waals surface area contributed by atoms with Crippen molar-refractivity contribution < 1.29 is 0 Å². The van der Waals surface area contributed by atoms with Crippen molar-refractivity contribution in [2.24, 2.45) is 0 Å². The first kappa shape index (κ1) is 35.7. The molecule has 0 saturated heterocycles. The average molecular weight is 675 g/mol. The molecule has 0 N–H and O–H groups in total. The first-order valence-corrected chi connectivity index (χ1v) is 22.7. The lowest BCUT2D eigenvalue weighted by molar-refractivity contribution is 1.00. The van der Waals surface area contributed by atoms with Crippen LogP contribution in [0, 0.1) is 13.3 Å². The van der Waals surface area contributed by atoms with Gasteiger partial charge >= 0.3 is 0 Å². The van der Waals surface area contributed by atoms with Crippen LogP contribution in [0.4, 0.5) is 0 Å². The molecule has 0 aliphatic carbocycles. The summed E-state index contributed by atoms with van der Waals surface area (Å²) in [5.74, 6) is 0. The van der Waals surface area contributed by atoms with Crippen molar-refractivity contribution in [1.29, 1.82) is 0 Å². The Morgan fingerprint density at radius 2 is 0.723 bits per heavy atom. The molecular weight excluding hydrogens is 621 g/mol. The van der Waals surface area contributed by atoms with E-state index in [2.05, 4.69) is 183 Å². The summed E-state index contributed by atoms with van der Waals surface area (Å²) in [6.07, 6.45) is 0. The van der Waals surface area contributed by atoms with Crippen molar-refractivity contribution in [1.82, 2.24) is 0 Å². The fourth-order valence-corrected chi connectivity index (χ4v) is 17.4. The molecule has 5 aromatic carbocycles. The molecule has 47 heavy (non-hydrogen) atoms. The maximum atomic E-state index is 5.20. The summed E-state index contributed by atoms with van der Waals surface area (Å²) in [5.41, 5.74) is 6.94. The summed E-state index contributed by atoms with van der Waals surface area (Å²) in [4.78, 5) is 0. The van der Waals surface area contributed by atoms with Crippen LogP contribution in [0.3, 0.4) is 0 Å². The zero-order valence-electron chi connectivity index (χ0n) is 29.7. The third kappa shape index (κ3) is 6.95. The fourth-order valence-electron chi connectivity index (χ4n) is 7.00. The molecule has 5 aromatic rings. The molecule has 0 radical (unpaired) electrons. The van der Waals surface area contributed by atoms with Gasteiger partial charge in [-0.15, -0.1) is 0 Å². The van der Waals surface area contributed by atoms with Crippen LogP contribution in [0.15, 0.2) is 127 Å². The van der Waals surface area contributed by atoms with Crippen molar-refractivity contribution in [3.63, 3.8) is 0 Å². The second kappa shape index (κ2) is 14.9. The van der Waals surface area contributed by atoms with Gasteiger partial charge in [0.1, 0.15) is 0 Å². The molecule has 0 aliphatic heterocycles. The minimum absolute atomic E-state index is 0.464. The molecule has 0 spiro atoms. The molecule has 3 heteroatoms. The molecule has 0 heterocycles. The van der Waals surface area contributed by atoms with E-state index in [4.69, 9.17) is 13.3 Å². The van der Waals surface area contributed by atoms with Gasteiger partial charge in [-0.25, -0.2) is 0 Å². The lowest BCUT2D eigenvalue weighted by Gasteiger charge is -2.42. The highest BCUT2D eigenvalue weighted by Crippen LogP contribution is 2.66. The SMILES string of the molecule is [CH2-][P+](c1cc(-c2ccccc2)ccc1P(c1ccccc1)c1ccc(-c2ccccc2)cc1[P+]([CH2-])(C(C)C)C(C)C)(C(C)C)C(C)C. The van der Waals surface area contributed by atoms with Crippen LogP contribution in [0.1, 0.15) is 55.4 Å². The molecule has 5 rings (SSSR count). The van der Waals surface area contributed by atoms with Crippen LogP contribution in [-0.2, 0) is 0 Å². The van der Waals surface area contributed by atoms with E-state index < -0.39 is 22.4 Å². The summed E-state index contributed by atoms with van der Waals surface area (Å²) >= 11 is 0. The van der Waals surface area contributed by atoms with Crippen molar-refractivity contribution in [3.05, 3.63) is 141 Å².